The average Bonchev–Trinajstić information content (AvgIpc) is 2.96. The molecule has 1 heterocycles. The lowest BCUT2D eigenvalue weighted by Crippen LogP contribution is -2.30. The van der Waals surface area contributed by atoms with Crippen LogP contribution in [0, 0.1) is 5.41 Å². The zero-order valence-electron chi connectivity index (χ0n) is 9.35. The number of amides is 2. The third-order valence-corrected chi connectivity index (χ3v) is 2.93. The molecule has 0 spiro atoms. The van der Waals surface area contributed by atoms with Crippen LogP contribution in [-0.2, 0) is 16.1 Å². The molecule has 1 aromatic heterocycles. The van der Waals surface area contributed by atoms with Gasteiger partial charge >= 0.3 is 0 Å². The van der Waals surface area contributed by atoms with E-state index in [1.807, 2.05) is 0 Å². The van der Waals surface area contributed by atoms with Crippen molar-refractivity contribution in [1.29, 1.82) is 0 Å². The summed E-state index contributed by atoms with van der Waals surface area (Å²) in [5, 5.41) is 6.64. The van der Waals surface area contributed by atoms with Gasteiger partial charge in [0.2, 0.25) is 11.8 Å². The van der Waals surface area contributed by atoms with Crippen LogP contribution in [0.3, 0.4) is 0 Å². The maximum Gasteiger partial charge on any atom is 0.239 e. The average molecular weight is 237 g/mol. The Balaban J connectivity index is 1.97. The third kappa shape index (κ3) is 2.44. The molecule has 0 atom stereocenters. The Morgan fingerprint density at radius 3 is 2.76 bits per heavy atom. The SMILES string of the molecule is NCC1(C(=O)Nc2cnn(CC(N)=O)c2)CC1. The predicted molar refractivity (Wildman–Crippen MR) is 60.8 cm³/mol. The van der Waals surface area contributed by atoms with Crippen molar-refractivity contribution < 1.29 is 9.59 Å². The standard InChI is InChI=1S/C10H15N5O2/c11-6-10(1-2-10)9(17)14-7-3-13-15(4-7)5-8(12)16/h3-4H,1-2,5-6,11H2,(H2,12,16)(H,14,17). The van der Waals surface area contributed by atoms with Crippen molar-refractivity contribution in [3.05, 3.63) is 12.4 Å². The molecule has 17 heavy (non-hydrogen) atoms. The highest BCUT2D eigenvalue weighted by atomic mass is 16.2. The Labute approximate surface area is 98.1 Å². The van der Waals surface area contributed by atoms with Gasteiger partial charge in [-0.2, -0.15) is 5.10 Å². The van der Waals surface area contributed by atoms with Gasteiger partial charge in [0.05, 0.1) is 17.3 Å². The summed E-state index contributed by atoms with van der Waals surface area (Å²) in [4.78, 5) is 22.5. The van der Waals surface area contributed by atoms with Crippen molar-refractivity contribution in [2.45, 2.75) is 19.4 Å². The smallest absolute Gasteiger partial charge is 0.239 e. The summed E-state index contributed by atoms with van der Waals surface area (Å²) < 4.78 is 1.37. The first-order chi connectivity index (χ1) is 8.05. The van der Waals surface area contributed by atoms with Gasteiger partial charge in [0.1, 0.15) is 6.54 Å². The Morgan fingerprint density at radius 2 is 2.24 bits per heavy atom. The van der Waals surface area contributed by atoms with E-state index in [1.165, 1.54) is 10.9 Å². The number of hydrogen-bond acceptors (Lipinski definition) is 4. The van der Waals surface area contributed by atoms with Gasteiger partial charge in [-0.15, -0.1) is 0 Å². The highest BCUT2D eigenvalue weighted by Crippen LogP contribution is 2.45. The number of nitrogens with zero attached hydrogens (tertiary/aromatic N) is 2. The molecular weight excluding hydrogens is 222 g/mol. The molecule has 1 aromatic rings. The molecule has 1 saturated carbocycles. The van der Waals surface area contributed by atoms with Gasteiger partial charge < -0.3 is 16.8 Å². The van der Waals surface area contributed by atoms with E-state index in [1.54, 1.807) is 6.20 Å². The second kappa shape index (κ2) is 4.17. The maximum atomic E-state index is 11.8. The van der Waals surface area contributed by atoms with Gasteiger partial charge in [-0.05, 0) is 12.8 Å². The summed E-state index contributed by atoms with van der Waals surface area (Å²) in [6, 6.07) is 0. The molecule has 0 saturated heterocycles. The van der Waals surface area contributed by atoms with Crippen LogP contribution in [0.4, 0.5) is 5.69 Å². The summed E-state index contributed by atoms with van der Waals surface area (Å²) in [6.45, 7) is 0.353. The zero-order chi connectivity index (χ0) is 12.5. The van der Waals surface area contributed by atoms with Crippen LogP contribution in [0.15, 0.2) is 12.4 Å². The first-order valence-corrected chi connectivity index (χ1v) is 5.38. The second-order valence-electron chi connectivity index (χ2n) is 4.33. The second-order valence-corrected chi connectivity index (χ2v) is 4.33. The minimum Gasteiger partial charge on any atom is -0.368 e. The van der Waals surface area contributed by atoms with Gasteiger partial charge in [-0.3, -0.25) is 14.3 Å². The van der Waals surface area contributed by atoms with Gasteiger partial charge in [0.15, 0.2) is 0 Å². The molecule has 7 nitrogen and oxygen atoms in total. The quantitative estimate of drug-likeness (QED) is 0.611. The molecule has 2 amide bonds. The maximum absolute atomic E-state index is 11.8. The number of aromatic nitrogens is 2. The summed E-state index contributed by atoms with van der Waals surface area (Å²) in [6.07, 6.45) is 4.69. The number of carbonyl (C=O) groups is 2. The molecule has 0 radical (unpaired) electrons. The van der Waals surface area contributed by atoms with E-state index in [0.717, 1.165) is 12.8 Å². The topological polar surface area (TPSA) is 116 Å². The number of primary amides is 1. The van der Waals surface area contributed by atoms with Crippen LogP contribution in [0.25, 0.3) is 0 Å². The first kappa shape index (κ1) is 11.6. The van der Waals surface area contributed by atoms with Crippen molar-refractivity contribution in [3.63, 3.8) is 0 Å². The van der Waals surface area contributed by atoms with Crippen molar-refractivity contribution >= 4 is 17.5 Å². The number of rotatable bonds is 5. The van der Waals surface area contributed by atoms with E-state index in [0.29, 0.717) is 12.2 Å². The number of hydrogen-bond donors (Lipinski definition) is 3. The van der Waals surface area contributed by atoms with Crippen molar-refractivity contribution in [1.82, 2.24) is 9.78 Å². The van der Waals surface area contributed by atoms with Gasteiger partial charge in [0.25, 0.3) is 0 Å². The fourth-order valence-corrected chi connectivity index (χ4v) is 1.61. The lowest BCUT2D eigenvalue weighted by molar-refractivity contribution is -0.121. The molecule has 7 heteroatoms. The summed E-state index contributed by atoms with van der Waals surface area (Å²) >= 11 is 0. The van der Waals surface area contributed by atoms with Crippen LogP contribution >= 0.6 is 0 Å². The summed E-state index contributed by atoms with van der Waals surface area (Å²) in [7, 11) is 0. The molecule has 92 valence electrons. The Hall–Kier alpha value is -1.89. The molecular formula is C10H15N5O2. The van der Waals surface area contributed by atoms with E-state index >= 15 is 0 Å². The highest BCUT2D eigenvalue weighted by molar-refractivity contribution is 5.97. The fraction of sp³-hybridized carbons (Fsp3) is 0.500. The van der Waals surface area contributed by atoms with Crippen LogP contribution in [-0.4, -0.2) is 28.1 Å². The van der Waals surface area contributed by atoms with E-state index in [-0.39, 0.29) is 12.5 Å². The van der Waals surface area contributed by atoms with E-state index in [4.69, 9.17) is 11.5 Å². The Kier molecular flexibility index (Phi) is 2.84. The van der Waals surface area contributed by atoms with Crippen molar-refractivity contribution in [2.24, 2.45) is 16.9 Å². The molecule has 0 bridgehead atoms. The van der Waals surface area contributed by atoms with Gasteiger partial charge in [-0.25, -0.2) is 0 Å². The van der Waals surface area contributed by atoms with E-state index in [2.05, 4.69) is 10.4 Å². The molecule has 5 N–H and O–H groups in total. The lowest BCUT2D eigenvalue weighted by Gasteiger charge is -2.10. The molecule has 0 aromatic carbocycles. The van der Waals surface area contributed by atoms with E-state index in [9.17, 15) is 9.59 Å². The molecule has 1 fully saturated rings. The van der Waals surface area contributed by atoms with Crippen LogP contribution in [0.2, 0.25) is 0 Å². The number of nitrogens with two attached hydrogens (primary N) is 2. The van der Waals surface area contributed by atoms with Crippen LogP contribution in [0.5, 0.6) is 0 Å². The fourth-order valence-electron chi connectivity index (χ4n) is 1.61. The zero-order valence-corrected chi connectivity index (χ0v) is 9.35. The minimum atomic E-state index is -0.480. The predicted octanol–water partition coefficient (Wildman–Crippen LogP) is -0.954. The molecule has 0 unspecified atom stereocenters. The Morgan fingerprint density at radius 1 is 1.53 bits per heavy atom. The summed E-state index contributed by atoms with van der Waals surface area (Å²) in [5.74, 6) is -0.565. The van der Waals surface area contributed by atoms with Crippen LogP contribution < -0.4 is 16.8 Å². The third-order valence-electron chi connectivity index (χ3n) is 2.93. The minimum absolute atomic E-state index is 0.00208. The monoisotopic (exact) mass is 237 g/mol. The van der Waals surface area contributed by atoms with Crippen molar-refractivity contribution in [3.8, 4) is 0 Å². The first-order valence-electron chi connectivity index (χ1n) is 5.38. The number of anilines is 1. The molecule has 1 aliphatic rings. The Bertz CT molecular complexity index is 449. The van der Waals surface area contributed by atoms with Crippen LogP contribution in [0.1, 0.15) is 12.8 Å². The number of carbonyl (C=O) groups excluding carboxylic acids is 2. The highest BCUT2D eigenvalue weighted by Gasteiger charge is 2.48. The molecule has 0 aliphatic heterocycles. The van der Waals surface area contributed by atoms with Crippen molar-refractivity contribution in [2.75, 3.05) is 11.9 Å². The van der Waals surface area contributed by atoms with Gasteiger partial charge in [0, 0.05) is 12.7 Å². The normalized spacial score (nSPS) is 16.5. The summed E-state index contributed by atoms with van der Waals surface area (Å²) in [5.41, 5.74) is 10.7. The largest absolute Gasteiger partial charge is 0.368 e. The van der Waals surface area contributed by atoms with E-state index < -0.39 is 11.3 Å². The number of nitrogens with one attached hydrogen (secondary N) is 1. The molecule has 2 rings (SSSR count). The van der Waals surface area contributed by atoms with Gasteiger partial charge in [-0.1, -0.05) is 0 Å². The molecule has 1 aliphatic carbocycles. The lowest BCUT2D eigenvalue weighted by atomic mass is 10.1.